The van der Waals surface area contributed by atoms with Crippen molar-refractivity contribution in [1.29, 1.82) is 0 Å². The molecule has 1 saturated carbocycles. The number of likely N-dealkylation sites (tertiary alicyclic amines) is 1. The van der Waals surface area contributed by atoms with Crippen molar-refractivity contribution >= 4 is 58.6 Å². The summed E-state index contributed by atoms with van der Waals surface area (Å²) in [6.45, 7) is 0. The fourth-order valence-electron chi connectivity index (χ4n) is 6.91. The lowest BCUT2D eigenvalue weighted by Gasteiger charge is -2.50. The molecule has 218 valence electrons. The van der Waals surface area contributed by atoms with Gasteiger partial charge in [0.15, 0.2) is 9.75 Å². The zero-order valence-corrected chi connectivity index (χ0v) is 23.7. The molecule has 6 atom stereocenters. The van der Waals surface area contributed by atoms with Crippen molar-refractivity contribution in [3.63, 3.8) is 0 Å². The highest BCUT2D eigenvalue weighted by atomic mass is 35.5. The third-order valence-corrected chi connectivity index (χ3v) is 10.2. The van der Waals surface area contributed by atoms with Gasteiger partial charge in [0, 0.05) is 11.5 Å². The number of allylic oxidation sites excluding steroid dienone is 2. The van der Waals surface area contributed by atoms with Crippen molar-refractivity contribution in [2.45, 2.75) is 28.5 Å². The van der Waals surface area contributed by atoms with Gasteiger partial charge in [0.25, 0.3) is 11.8 Å². The van der Waals surface area contributed by atoms with Gasteiger partial charge in [-0.2, -0.15) is 4.90 Å². The molecule has 2 aliphatic heterocycles. The molecule has 2 aromatic rings. The zero-order chi connectivity index (χ0) is 30.3. The summed E-state index contributed by atoms with van der Waals surface area (Å²) in [5.41, 5.74) is 0.529. The molecule has 0 spiro atoms. The smallest absolute Gasteiger partial charge is 0.423 e. The number of amides is 5. The van der Waals surface area contributed by atoms with E-state index in [1.165, 1.54) is 37.4 Å². The first kappa shape index (κ1) is 28.2. The van der Waals surface area contributed by atoms with Crippen LogP contribution in [0, 0.1) is 23.6 Å². The van der Waals surface area contributed by atoms with Crippen LogP contribution in [0.5, 0.6) is 11.5 Å². The molecule has 2 saturated heterocycles. The maximum Gasteiger partial charge on any atom is 0.423 e. The largest absolute Gasteiger partial charge is 0.508 e. The molecule has 2 aliphatic carbocycles. The van der Waals surface area contributed by atoms with Gasteiger partial charge < -0.3 is 14.6 Å². The summed E-state index contributed by atoms with van der Waals surface area (Å²) in [5.74, 6) is -8.25. The molecule has 13 heteroatoms. The van der Waals surface area contributed by atoms with Crippen molar-refractivity contribution in [2.75, 3.05) is 19.1 Å². The molecule has 42 heavy (non-hydrogen) atoms. The Morgan fingerprint density at radius 2 is 1.69 bits per heavy atom. The predicted octanol–water partition coefficient (Wildman–Crippen LogP) is 3.87. The first-order chi connectivity index (χ1) is 19.9. The van der Waals surface area contributed by atoms with E-state index in [0.717, 1.165) is 24.1 Å². The Balaban J connectivity index is 1.58. The van der Waals surface area contributed by atoms with Gasteiger partial charge in [-0.05, 0) is 61.2 Å². The van der Waals surface area contributed by atoms with Crippen molar-refractivity contribution in [1.82, 2.24) is 4.90 Å². The number of imide groups is 4. The lowest BCUT2D eigenvalue weighted by atomic mass is 9.56. The molecule has 10 nitrogen and oxygen atoms in total. The van der Waals surface area contributed by atoms with Crippen LogP contribution in [-0.2, 0) is 23.9 Å². The number of methoxy groups -OCH3 is 2. The van der Waals surface area contributed by atoms with Gasteiger partial charge in [0.2, 0.25) is 11.8 Å². The van der Waals surface area contributed by atoms with E-state index in [2.05, 4.69) is 4.74 Å². The number of ether oxygens (including phenoxy) is 2. The Morgan fingerprint density at radius 1 is 1.00 bits per heavy atom. The number of benzene rings is 2. The van der Waals surface area contributed by atoms with Crippen LogP contribution in [0.4, 0.5) is 14.9 Å². The first-order valence-corrected chi connectivity index (χ1v) is 13.7. The number of halogens is 3. The number of aromatic hydroxyl groups is 1. The van der Waals surface area contributed by atoms with E-state index in [-0.39, 0.29) is 29.8 Å². The highest BCUT2D eigenvalue weighted by Gasteiger charge is 2.77. The Morgan fingerprint density at radius 3 is 2.33 bits per heavy atom. The summed E-state index contributed by atoms with van der Waals surface area (Å²) in [7, 11) is 2.44. The zero-order valence-electron chi connectivity index (χ0n) is 22.2. The van der Waals surface area contributed by atoms with Crippen LogP contribution in [-0.4, -0.2) is 63.7 Å². The maximum atomic E-state index is 14.3. The summed E-state index contributed by atoms with van der Waals surface area (Å²) in [6, 6.07) is 8.89. The van der Waals surface area contributed by atoms with Crippen LogP contribution in [0.2, 0.25) is 0 Å². The highest BCUT2D eigenvalue weighted by molar-refractivity contribution is 6.58. The Kier molecular flexibility index (Phi) is 6.39. The number of rotatable bonds is 3. The van der Waals surface area contributed by atoms with Gasteiger partial charge in [-0.1, -0.05) is 11.6 Å². The second-order valence-electron chi connectivity index (χ2n) is 10.7. The van der Waals surface area contributed by atoms with Crippen molar-refractivity contribution in [3.05, 3.63) is 65.5 Å². The van der Waals surface area contributed by atoms with Crippen LogP contribution >= 0.6 is 23.2 Å². The Labute approximate surface area is 248 Å². The molecule has 0 radical (unpaired) electrons. The second kappa shape index (κ2) is 9.53. The van der Waals surface area contributed by atoms with Crippen molar-refractivity contribution < 1.29 is 42.9 Å². The van der Waals surface area contributed by atoms with E-state index in [0.29, 0.717) is 16.2 Å². The van der Waals surface area contributed by atoms with E-state index >= 15 is 0 Å². The van der Waals surface area contributed by atoms with Crippen LogP contribution in [0.3, 0.4) is 0 Å². The Hall–Kier alpha value is -3.96. The average molecular weight is 617 g/mol. The Bertz CT molecular complexity index is 1610. The minimum absolute atomic E-state index is 0.0157. The number of alkyl halides is 2. The monoisotopic (exact) mass is 616 g/mol. The number of fused-ring (bicyclic) bond motifs is 4. The molecule has 2 heterocycles. The summed E-state index contributed by atoms with van der Waals surface area (Å²) < 4.78 is 23.7. The first-order valence-electron chi connectivity index (χ1n) is 13.0. The van der Waals surface area contributed by atoms with Crippen molar-refractivity contribution in [3.8, 4) is 11.5 Å². The van der Waals surface area contributed by atoms with Gasteiger partial charge >= 0.3 is 6.09 Å². The number of carbonyl (C=O) groups excluding carboxylic acids is 5. The van der Waals surface area contributed by atoms with Crippen LogP contribution in [0.15, 0.2) is 54.1 Å². The van der Waals surface area contributed by atoms with Gasteiger partial charge in [-0.15, -0.1) is 23.2 Å². The lowest BCUT2D eigenvalue weighted by molar-refractivity contribution is -0.138. The lowest BCUT2D eigenvalue weighted by Crippen LogP contribution is -2.60. The third kappa shape index (κ3) is 3.53. The number of hydrogen-bond acceptors (Lipinski definition) is 8. The van der Waals surface area contributed by atoms with Crippen molar-refractivity contribution in [2.24, 2.45) is 17.8 Å². The molecule has 5 amide bonds. The molecular formula is C29H23Cl2FN2O8. The maximum absolute atomic E-state index is 14.3. The van der Waals surface area contributed by atoms with E-state index < -0.39 is 69.0 Å². The fraction of sp³-hybridized carbons (Fsp3) is 0.345. The summed E-state index contributed by atoms with van der Waals surface area (Å²) in [4.78, 5) is 64.3. The second-order valence-corrected chi connectivity index (χ2v) is 11.9. The highest BCUT2D eigenvalue weighted by Crippen LogP contribution is 2.66. The van der Waals surface area contributed by atoms with E-state index in [4.69, 9.17) is 27.9 Å². The number of carbonyl (C=O) groups is 5. The minimum atomic E-state index is -2.23. The van der Waals surface area contributed by atoms with Crippen LogP contribution in [0.25, 0.3) is 0 Å². The predicted molar refractivity (Wildman–Crippen MR) is 146 cm³/mol. The van der Waals surface area contributed by atoms with E-state index in [1.54, 1.807) is 6.08 Å². The van der Waals surface area contributed by atoms with Gasteiger partial charge in [-0.3, -0.25) is 19.2 Å². The number of phenols is 1. The van der Waals surface area contributed by atoms with Crippen LogP contribution < -0.4 is 9.64 Å². The van der Waals surface area contributed by atoms with Gasteiger partial charge in [-0.25, -0.2) is 14.1 Å². The number of phenolic OH excluding ortho intramolecular Hbond substituents is 1. The third-order valence-electron chi connectivity index (χ3n) is 8.80. The molecule has 1 N–H and O–H groups in total. The SMILES string of the molecule is COC(=O)N1C(=O)[C@H]2[C@H](CC=C3[C@H]2C[C@@]2(Cl)C(=O)N(c4ccc(F)cc4)C(=O)[C@@]2(Cl)[C@H]3c2cc(OC)ccc2O)C1=O. The average Bonchev–Trinajstić information content (AvgIpc) is 3.31. The topological polar surface area (TPSA) is 131 Å². The molecular weight excluding hydrogens is 594 g/mol. The summed E-state index contributed by atoms with van der Waals surface area (Å²) in [5, 5.41) is 11.1. The molecule has 2 aromatic carbocycles. The fourth-order valence-corrected chi connectivity index (χ4v) is 7.83. The molecule has 6 rings (SSSR count). The minimum Gasteiger partial charge on any atom is -0.508 e. The standard InChI is InChI=1S/C29H23Cl2FN2O8/c1-41-15-7-10-20(35)18(11-15)22-16-8-9-17-21(24(37)34(23(17)36)27(40)42-2)19(16)12-28(30)25(38)33(26(39)29(22,28)31)14-5-3-13(32)4-6-14/h3-8,10-11,17,19,21-22,35H,9,12H2,1-2H3/t17-,19+,21-,22+,28+,29-/m0/s1. The molecule has 3 fully saturated rings. The number of hydrogen-bond donors (Lipinski definition) is 1. The number of nitrogens with zero attached hydrogens (tertiary/aromatic N) is 2. The van der Waals surface area contributed by atoms with Crippen LogP contribution in [0.1, 0.15) is 24.3 Å². The van der Waals surface area contributed by atoms with E-state index in [1.807, 2.05) is 0 Å². The molecule has 0 unspecified atom stereocenters. The number of anilines is 1. The molecule has 0 bridgehead atoms. The summed E-state index contributed by atoms with van der Waals surface area (Å²) >= 11 is 14.5. The van der Waals surface area contributed by atoms with Gasteiger partial charge in [0.05, 0.1) is 31.7 Å². The van der Waals surface area contributed by atoms with E-state index in [9.17, 15) is 33.5 Å². The molecule has 4 aliphatic rings. The quantitative estimate of drug-likeness (QED) is 0.312. The normalized spacial score (nSPS) is 31.9. The molecule has 0 aromatic heterocycles. The summed E-state index contributed by atoms with van der Waals surface area (Å²) in [6.07, 6.45) is 0.186. The van der Waals surface area contributed by atoms with Gasteiger partial charge in [0.1, 0.15) is 17.3 Å².